The highest BCUT2D eigenvalue weighted by Gasteiger charge is 2.12. The summed E-state index contributed by atoms with van der Waals surface area (Å²) in [4.78, 5) is 11.3. The molecule has 1 aromatic carbocycles. The van der Waals surface area contributed by atoms with E-state index in [-0.39, 0.29) is 12.2 Å². The van der Waals surface area contributed by atoms with Gasteiger partial charge in [-0.25, -0.2) is 0 Å². The van der Waals surface area contributed by atoms with Crippen molar-refractivity contribution in [1.29, 1.82) is 0 Å². The zero-order chi connectivity index (χ0) is 10.6. The van der Waals surface area contributed by atoms with Crippen molar-refractivity contribution in [3.63, 3.8) is 0 Å². The summed E-state index contributed by atoms with van der Waals surface area (Å²) < 4.78 is 32.4. The molecular formula is C9H9FO3S. The molecule has 0 aliphatic carbocycles. The number of hydrogen-bond donors (Lipinski definition) is 0. The Hall–Kier alpha value is -1.23. The molecule has 14 heavy (non-hydrogen) atoms. The fourth-order valence-corrected chi connectivity index (χ4v) is 1.41. The first kappa shape index (κ1) is 10.8. The Morgan fingerprint density at radius 3 is 2.29 bits per heavy atom. The molecule has 0 heterocycles. The highest BCUT2D eigenvalue weighted by atomic mass is 32.3. The van der Waals surface area contributed by atoms with Gasteiger partial charge in [0, 0.05) is 12.0 Å². The molecule has 0 aliphatic rings. The summed E-state index contributed by atoms with van der Waals surface area (Å²) in [5.41, 5.74) is 0.399. The standard InChI is InChI=1S/C9H9FO3S/c10-14(12,13)7-6-9(11)8-4-2-1-3-5-8/h1-5H,6-7H2. The van der Waals surface area contributed by atoms with E-state index in [2.05, 4.69) is 0 Å². The largest absolute Gasteiger partial charge is 0.302 e. The SMILES string of the molecule is O=C(CCS(=O)(=O)F)c1ccccc1. The third-order valence-corrected chi connectivity index (χ3v) is 2.36. The number of carbonyl (C=O) groups is 1. The summed E-state index contributed by atoms with van der Waals surface area (Å²) in [6.07, 6.45) is -0.317. The van der Waals surface area contributed by atoms with E-state index in [1.165, 1.54) is 0 Å². The predicted octanol–water partition coefficient (Wildman–Crippen LogP) is 1.56. The van der Waals surface area contributed by atoms with E-state index >= 15 is 0 Å². The Bertz CT molecular complexity index is 411. The van der Waals surface area contributed by atoms with Crippen LogP contribution in [0.5, 0.6) is 0 Å². The van der Waals surface area contributed by atoms with Gasteiger partial charge in [-0.3, -0.25) is 4.79 Å². The first-order chi connectivity index (χ1) is 6.49. The van der Waals surface area contributed by atoms with Gasteiger partial charge in [0.25, 0.3) is 0 Å². The Labute approximate surface area is 81.8 Å². The first-order valence-corrected chi connectivity index (χ1v) is 5.55. The summed E-state index contributed by atoms with van der Waals surface area (Å²) in [7, 11) is -4.55. The third-order valence-electron chi connectivity index (χ3n) is 1.67. The van der Waals surface area contributed by atoms with Crippen molar-refractivity contribution in [2.45, 2.75) is 6.42 Å². The monoisotopic (exact) mass is 216 g/mol. The van der Waals surface area contributed by atoms with E-state index in [1.54, 1.807) is 30.3 Å². The maximum absolute atomic E-state index is 12.1. The van der Waals surface area contributed by atoms with Gasteiger partial charge in [-0.2, -0.15) is 8.42 Å². The van der Waals surface area contributed by atoms with Crippen LogP contribution in [0.2, 0.25) is 0 Å². The minimum absolute atomic E-state index is 0.317. The molecule has 0 radical (unpaired) electrons. The second kappa shape index (κ2) is 4.32. The Morgan fingerprint density at radius 2 is 1.79 bits per heavy atom. The molecule has 5 heteroatoms. The molecule has 76 valence electrons. The lowest BCUT2D eigenvalue weighted by molar-refractivity contribution is 0.0988. The second-order valence-corrected chi connectivity index (χ2v) is 4.27. The molecule has 0 atom stereocenters. The summed E-state index contributed by atoms with van der Waals surface area (Å²) in [6.45, 7) is 0. The molecule has 1 rings (SSSR count). The molecular weight excluding hydrogens is 207 g/mol. The lowest BCUT2D eigenvalue weighted by atomic mass is 10.1. The van der Waals surface area contributed by atoms with E-state index in [4.69, 9.17) is 0 Å². The molecule has 0 fully saturated rings. The number of carbonyl (C=O) groups excluding carboxylic acids is 1. The normalized spacial score (nSPS) is 11.2. The third kappa shape index (κ3) is 3.66. The van der Waals surface area contributed by atoms with Crippen LogP contribution in [0, 0.1) is 0 Å². The van der Waals surface area contributed by atoms with Gasteiger partial charge < -0.3 is 0 Å². The van der Waals surface area contributed by atoms with Crippen LogP contribution in [-0.4, -0.2) is 20.0 Å². The molecule has 0 saturated heterocycles. The summed E-state index contributed by atoms with van der Waals surface area (Å²) in [5, 5.41) is 0. The van der Waals surface area contributed by atoms with Gasteiger partial charge in [0.15, 0.2) is 5.78 Å². The molecule has 0 unspecified atom stereocenters. The van der Waals surface area contributed by atoms with Crippen LogP contribution in [0.3, 0.4) is 0 Å². The van der Waals surface area contributed by atoms with Crippen LogP contribution >= 0.6 is 0 Å². The fourth-order valence-electron chi connectivity index (χ4n) is 0.983. The zero-order valence-electron chi connectivity index (χ0n) is 7.31. The van der Waals surface area contributed by atoms with Gasteiger partial charge in [0.05, 0.1) is 5.75 Å². The molecule has 0 amide bonds. The van der Waals surface area contributed by atoms with Crippen molar-refractivity contribution in [3.8, 4) is 0 Å². The molecule has 0 bridgehead atoms. The molecule has 0 aromatic heterocycles. The van der Waals surface area contributed by atoms with E-state index in [9.17, 15) is 17.1 Å². The minimum Gasteiger partial charge on any atom is -0.294 e. The number of rotatable bonds is 4. The molecule has 3 nitrogen and oxygen atoms in total. The van der Waals surface area contributed by atoms with Gasteiger partial charge >= 0.3 is 10.2 Å². The Kier molecular flexibility index (Phi) is 3.35. The Morgan fingerprint density at radius 1 is 1.21 bits per heavy atom. The van der Waals surface area contributed by atoms with Gasteiger partial charge in [-0.05, 0) is 0 Å². The minimum atomic E-state index is -4.55. The zero-order valence-corrected chi connectivity index (χ0v) is 8.13. The van der Waals surface area contributed by atoms with Gasteiger partial charge in [-0.1, -0.05) is 30.3 Å². The quantitative estimate of drug-likeness (QED) is 0.567. The number of Topliss-reactive ketones (excluding diaryl/α,β-unsaturated/α-hetero) is 1. The van der Waals surface area contributed by atoms with Crippen molar-refractivity contribution in [2.24, 2.45) is 0 Å². The molecule has 0 spiro atoms. The van der Waals surface area contributed by atoms with Crippen LogP contribution in [0.4, 0.5) is 3.89 Å². The van der Waals surface area contributed by atoms with Gasteiger partial charge in [0.1, 0.15) is 0 Å². The summed E-state index contributed by atoms with van der Waals surface area (Å²) in [6, 6.07) is 8.19. The molecule has 0 aliphatic heterocycles. The highest BCUT2D eigenvalue weighted by Crippen LogP contribution is 2.05. The fraction of sp³-hybridized carbons (Fsp3) is 0.222. The summed E-state index contributed by atoms with van der Waals surface area (Å²) in [5.74, 6) is -1.12. The number of ketones is 1. The topological polar surface area (TPSA) is 51.2 Å². The average molecular weight is 216 g/mol. The van der Waals surface area contributed by atoms with Crippen LogP contribution in [-0.2, 0) is 10.2 Å². The van der Waals surface area contributed by atoms with Gasteiger partial charge in [0.2, 0.25) is 0 Å². The lowest BCUT2D eigenvalue weighted by Crippen LogP contribution is -2.06. The molecule has 0 saturated carbocycles. The van der Waals surface area contributed by atoms with Gasteiger partial charge in [-0.15, -0.1) is 3.89 Å². The first-order valence-electron chi connectivity index (χ1n) is 3.99. The van der Waals surface area contributed by atoms with Crippen LogP contribution in [0.25, 0.3) is 0 Å². The smallest absolute Gasteiger partial charge is 0.294 e. The van der Waals surface area contributed by atoms with Crippen molar-refractivity contribution in [1.82, 2.24) is 0 Å². The van der Waals surface area contributed by atoms with Crippen molar-refractivity contribution in [2.75, 3.05) is 5.75 Å². The van der Waals surface area contributed by atoms with E-state index < -0.39 is 16.0 Å². The predicted molar refractivity (Wildman–Crippen MR) is 50.3 cm³/mol. The maximum Gasteiger partial charge on any atom is 0.302 e. The lowest BCUT2D eigenvalue weighted by Gasteiger charge is -1.97. The van der Waals surface area contributed by atoms with Crippen molar-refractivity contribution >= 4 is 16.0 Å². The molecule has 1 aromatic rings. The van der Waals surface area contributed by atoms with E-state index in [0.717, 1.165) is 0 Å². The second-order valence-electron chi connectivity index (χ2n) is 2.78. The van der Waals surface area contributed by atoms with E-state index in [0.29, 0.717) is 5.56 Å². The number of halogens is 1. The van der Waals surface area contributed by atoms with Crippen LogP contribution in [0.15, 0.2) is 30.3 Å². The summed E-state index contributed by atoms with van der Waals surface area (Å²) >= 11 is 0. The molecule has 0 N–H and O–H groups in total. The highest BCUT2D eigenvalue weighted by molar-refractivity contribution is 7.86. The average Bonchev–Trinajstić information content (AvgIpc) is 2.14. The number of benzene rings is 1. The maximum atomic E-state index is 12.1. The van der Waals surface area contributed by atoms with Crippen molar-refractivity contribution < 1.29 is 17.1 Å². The van der Waals surface area contributed by atoms with E-state index in [1.807, 2.05) is 0 Å². The Balaban J connectivity index is 2.61. The number of hydrogen-bond acceptors (Lipinski definition) is 3. The van der Waals surface area contributed by atoms with Crippen LogP contribution in [0.1, 0.15) is 16.8 Å². The van der Waals surface area contributed by atoms with Crippen LogP contribution < -0.4 is 0 Å². The van der Waals surface area contributed by atoms with Crippen molar-refractivity contribution in [3.05, 3.63) is 35.9 Å².